The van der Waals surface area contributed by atoms with Crippen LogP contribution in [-0.2, 0) is 0 Å². The summed E-state index contributed by atoms with van der Waals surface area (Å²) in [5, 5.41) is 3.16. The normalized spacial score (nSPS) is 14.0. The van der Waals surface area contributed by atoms with Crippen molar-refractivity contribution < 1.29 is 9.13 Å². The molecular formula is C18H30FNO. The van der Waals surface area contributed by atoms with E-state index in [-0.39, 0.29) is 11.9 Å². The van der Waals surface area contributed by atoms with Crippen LogP contribution in [0.3, 0.4) is 0 Å². The fourth-order valence-corrected chi connectivity index (χ4v) is 2.40. The number of nitrogens with one attached hydrogen (secondary N) is 1. The van der Waals surface area contributed by atoms with Crippen LogP contribution in [-0.4, -0.2) is 13.7 Å². The zero-order valence-corrected chi connectivity index (χ0v) is 14.1. The molecule has 2 unspecified atom stereocenters. The van der Waals surface area contributed by atoms with Gasteiger partial charge in [-0.25, -0.2) is 4.39 Å². The van der Waals surface area contributed by atoms with Crippen LogP contribution in [0.4, 0.5) is 4.39 Å². The van der Waals surface area contributed by atoms with Gasteiger partial charge < -0.3 is 10.1 Å². The van der Waals surface area contributed by atoms with Gasteiger partial charge in [-0.1, -0.05) is 33.1 Å². The number of halogens is 1. The first-order chi connectivity index (χ1) is 10.0. The van der Waals surface area contributed by atoms with Crippen molar-refractivity contribution in [2.24, 2.45) is 5.92 Å². The summed E-state index contributed by atoms with van der Waals surface area (Å²) < 4.78 is 19.8. The molecule has 0 saturated heterocycles. The Bertz CT molecular complexity index is 433. The number of hydrogen-bond donors (Lipinski definition) is 1. The topological polar surface area (TPSA) is 21.3 Å². The summed E-state index contributed by atoms with van der Waals surface area (Å²) in [4.78, 5) is 0. The lowest BCUT2D eigenvalue weighted by atomic mass is 10.00. The molecule has 1 aromatic rings. The Balaban J connectivity index is 2.83. The molecule has 2 nitrogen and oxygen atoms in total. The van der Waals surface area contributed by atoms with Gasteiger partial charge in [0.1, 0.15) is 11.6 Å². The molecule has 0 radical (unpaired) electrons. The highest BCUT2D eigenvalue weighted by atomic mass is 19.1. The average molecular weight is 295 g/mol. The molecule has 0 fully saturated rings. The fraction of sp³-hybridized carbons (Fsp3) is 0.667. The summed E-state index contributed by atoms with van der Waals surface area (Å²) in [5.74, 6) is 1.22. The molecule has 0 heterocycles. The van der Waals surface area contributed by atoms with Crippen LogP contribution in [0.5, 0.6) is 5.75 Å². The van der Waals surface area contributed by atoms with E-state index in [0.29, 0.717) is 18.1 Å². The van der Waals surface area contributed by atoms with Gasteiger partial charge in [0.15, 0.2) is 0 Å². The first-order valence-corrected chi connectivity index (χ1v) is 8.13. The maximum atomic E-state index is 13.8. The van der Waals surface area contributed by atoms with Crippen molar-refractivity contribution >= 4 is 0 Å². The molecule has 21 heavy (non-hydrogen) atoms. The summed E-state index contributed by atoms with van der Waals surface area (Å²) in [6, 6.07) is 3.50. The minimum Gasteiger partial charge on any atom is -0.493 e. The first kappa shape index (κ1) is 18.0. The Kier molecular flexibility index (Phi) is 7.73. The van der Waals surface area contributed by atoms with Gasteiger partial charge in [0.2, 0.25) is 0 Å². The number of ether oxygens (including phenoxy) is 1. The molecule has 0 bridgehead atoms. The molecule has 0 aliphatic heterocycles. The Hall–Kier alpha value is -1.09. The van der Waals surface area contributed by atoms with Crippen molar-refractivity contribution in [3.05, 3.63) is 29.1 Å². The highest BCUT2D eigenvalue weighted by Gasteiger charge is 2.15. The van der Waals surface area contributed by atoms with E-state index in [1.165, 1.54) is 19.3 Å². The number of benzene rings is 1. The molecule has 0 amide bonds. The quantitative estimate of drug-likeness (QED) is 0.691. The van der Waals surface area contributed by atoms with Crippen LogP contribution < -0.4 is 10.1 Å². The fourth-order valence-electron chi connectivity index (χ4n) is 2.40. The second-order valence-corrected chi connectivity index (χ2v) is 5.88. The average Bonchev–Trinajstić information content (AvgIpc) is 2.49. The van der Waals surface area contributed by atoms with E-state index in [1.807, 2.05) is 20.0 Å². The molecule has 0 saturated carbocycles. The van der Waals surface area contributed by atoms with Crippen LogP contribution >= 0.6 is 0 Å². The predicted octanol–water partition coefficient (Wildman–Crippen LogP) is 5.01. The number of rotatable bonds is 9. The van der Waals surface area contributed by atoms with E-state index in [9.17, 15) is 4.39 Å². The molecule has 120 valence electrons. The van der Waals surface area contributed by atoms with Gasteiger partial charge in [-0.2, -0.15) is 0 Å². The minimum atomic E-state index is -0.169. The van der Waals surface area contributed by atoms with E-state index in [0.717, 1.165) is 17.7 Å². The third-order valence-electron chi connectivity index (χ3n) is 4.21. The minimum absolute atomic E-state index is 0.0748. The van der Waals surface area contributed by atoms with Crippen molar-refractivity contribution in [1.29, 1.82) is 0 Å². The van der Waals surface area contributed by atoms with Gasteiger partial charge in [0.25, 0.3) is 0 Å². The monoisotopic (exact) mass is 295 g/mol. The Morgan fingerprint density at radius 1 is 1.29 bits per heavy atom. The highest BCUT2D eigenvalue weighted by Crippen LogP contribution is 2.29. The number of hydrogen-bond acceptors (Lipinski definition) is 2. The number of aryl methyl sites for hydroxylation is 1. The molecule has 0 aliphatic rings. The molecule has 0 spiro atoms. The van der Waals surface area contributed by atoms with Crippen LogP contribution in [0, 0.1) is 18.7 Å². The summed E-state index contributed by atoms with van der Waals surface area (Å²) in [6.45, 7) is 8.93. The zero-order valence-electron chi connectivity index (χ0n) is 14.1. The molecular weight excluding hydrogens is 265 g/mol. The summed E-state index contributed by atoms with van der Waals surface area (Å²) in [6.07, 6.45) is 4.78. The van der Waals surface area contributed by atoms with Crippen LogP contribution in [0.25, 0.3) is 0 Å². The van der Waals surface area contributed by atoms with Crippen molar-refractivity contribution in [3.8, 4) is 5.75 Å². The van der Waals surface area contributed by atoms with Crippen molar-refractivity contribution in [3.63, 3.8) is 0 Å². The van der Waals surface area contributed by atoms with Gasteiger partial charge in [-0.3, -0.25) is 0 Å². The molecule has 2 atom stereocenters. The number of unbranched alkanes of at least 4 members (excludes halogenated alkanes) is 1. The van der Waals surface area contributed by atoms with Gasteiger partial charge in [-0.05, 0) is 50.9 Å². The van der Waals surface area contributed by atoms with Crippen molar-refractivity contribution in [2.75, 3.05) is 13.7 Å². The second-order valence-electron chi connectivity index (χ2n) is 5.88. The molecule has 1 N–H and O–H groups in total. The highest BCUT2D eigenvalue weighted by molar-refractivity contribution is 5.40. The van der Waals surface area contributed by atoms with E-state index in [2.05, 4.69) is 19.2 Å². The summed E-state index contributed by atoms with van der Waals surface area (Å²) >= 11 is 0. The van der Waals surface area contributed by atoms with Gasteiger partial charge in [0, 0.05) is 11.6 Å². The lowest BCUT2D eigenvalue weighted by Crippen LogP contribution is -2.17. The lowest BCUT2D eigenvalue weighted by Gasteiger charge is -2.20. The van der Waals surface area contributed by atoms with E-state index in [1.54, 1.807) is 13.0 Å². The smallest absolute Gasteiger partial charge is 0.126 e. The maximum Gasteiger partial charge on any atom is 0.126 e. The van der Waals surface area contributed by atoms with E-state index in [4.69, 9.17) is 4.74 Å². The molecule has 1 aromatic carbocycles. The van der Waals surface area contributed by atoms with Crippen LogP contribution in [0.2, 0.25) is 0 Å². The standard InChI is InChI=1S/C18H30FNO/c1-6-8-9-15(7-2)12-21-18-10-13(3)17(19)11-16(18)14(4)20-5/h10-11,14-15,20H,6-9,12H2,1-5H3. The molecule has 0 aliphatic carbocycles. The Labute approximate surface area is 129 Å². The third-order valence-corrected chi connectivity index (χ3v) is 4.21. The third kappa shape index (κ3) is 5.31. The van der Waals surface area contributed by atoms with Gasteiger partial charge >= 0.3 is 0 Å². The molecule has 0 aromatic heterocycles. The first-order valence-electron chi connectivity index (χ1n) is 8.13. The molecule has 1 rings (SSSR count). The summed E-state index contributed by atoms with van der Waals surface area (Å²) in [7, 11) is 1.88. The molecule has 3 heteroatoms. The van der Waals surface area contributed by atoms with Crippen molar-refractivity contribution in [2.45, 2.75) is 59.4 Å². The Morgan fingerprint density at radius 2 is 2.00 bits per heavy atom. The van der Waals surface area contributed by atoms with Crippen LogP contribution in [0.1, 0.15) is 63.6 Å². The SMILES string of the molecule is CCCCC(CC)COc1cc(C)c(F)cc1C(C)NC. The van der Waals surface area contributed by atoms with E-state index < -0.39 is 0 Å². The largest absolute Gasteiger partial charge is 0.493 e. The Morgan fingerprint density at radius 3 is 2.57 bits per heavy atom. The maximum absolute atomic E-state index is 13.8. The van der Waals surface area contributed by atoms with Gasteiger partial charge in [0.05, 0.1) is 6.61 Å². The van der Waals surface area contributed by atoms with E-state index >= 15 is 0 Å². The predicted molar refractivity (Wildman–Crippen MR) is 87.4 cm³/mol. The zero-order chi connectivity index (χ0) is 15.8. The van der Waals surface area contributed by atoms with Crippen molar-refractivity contribution in [1.82, 2.24) is 5.32 Å². The van der Waals surface area contributed by atoms with Gasteiger partial charge in [-0.15, -0.1) is 0 Å². The lowest BCUT2D eigenvalue weighted by molar-refractivity contribution is 0.230. The summed E-state index contributed by atoms with van der Waals surface area (Å²) in [5.41, 5.74) is 1.53. The second kappa shape index (κ2) is 9.04. The van der Waals surface area contributed by atoms with Crippen LogP contribution in [0.15, 0.2) is 12.1 Å².